The number of rotatable bonds is 6. The van der Waals surface area contributed by atoms with E-state index in [-0.39, 0.29) is 5.91 Å². The number of nitrogens with zero attached hydrogens (tertiary/aromatic N) is 1. The van der Waals surface area contributed by atoms with E-state index in [4.69, 9.17) is 16.3 Å². The van der Waals surface area contributed by atoms with Crippen LogP contribution in [0.1, 0.15) is 28.8 Å². The maximum absolute atomic E-state index is 13.0. The molecule has 0 aromatic heterocycles. The number of ether oxygens (including phenoxy) is 1. The molecule has 1 N–H and O–H groups in total. The van der Waals surface area contributed by atoms with E-state index >= 15 is 0 Å². The smallest absolute Gasteiger partial charge is 0.257 e. The number of amides is 1. The quantitative estimate of drug-likeness (QED) is 0.833. The minimum atomic E-state index is 0.0422. The Balaban J connectivity index is 1.72. The summed E-state index contributed by atoms with van der Waals surface area (Å²) >= 11 is 6.20. The number of piperidine rings is 1. The van der Waals surface area contributed by atoms with Crippen LogP contribution in [0.5, 0.6) is 5.75 Å². The lowest BCUT2D eigenvalue weighted by atomic mass is 9.97. The average molecular weight is 373 g/mol. The minimum Gasteiger partial charge on any atom is -0.488 e. The predicted molar refractivity (Wildman–Crippen MR) is 105 cm³/mol. The average Bonchev–Trinajstić information content (AvgIpc) is 2.67. The van der Waals surface area contributed by atoms with E-state index in [1.54, 1.807) is 0 Å². The Morgan fingerprint density at radius 2 is 2.00 bits per heavy atom. The number of hydrogen-bond donors (Lipinski definition) is 1. The molecular weight excluding hydrogens is 348 g/mol. The molecule has 3 rings (SSSR count). The van der Waals surface area contributed by atoms with E-state index in [0.29, 0.717) is 28.9 Å². The van der Waals surface area contributed by atoms with Gasteiger partial charge in [-0.15, -0.1) is 0 Å². The van der Waals surface area contributed by atoms with Gasteiger partial charge in [-0.2, -0.15) is 0 Å². The molecule has 138 valence electrons. The van der Waals surface area contributed by atoms with Crippen LogP contribution in [0.25, 0.3) is 0 Å². The molecule has 1 aliphatic rings. The number of hydrogen-bond acceptors (Lipinski definition) is 3. The molecule has 1 amide bonds. The normalized spacial score (nSPS) is 17.2. The Bertz CT molecular complexity index is 748. The van der Waals surface area contributed by atoms with Crippen LogP contribution in [0.2, 0.25) is 5.02 Å². The third-order valence-corrected chi connectivity index (χ3v) is 5.13. The highest BCUT2D eigenvalue weighted by atomic mass is 35.5. The van der Waals surface area contributed by atoms with Gasteiger partial charge in [-0.1, -0.05) is 41.9 Å². The number of benzene rings is 2. The highest BCUT2D eigenvalue weighted by Crippen LogP contribution is 2.25. The Morgan fingerprint density at radius 3 is 2.81 bits per heavy atom. The van der Waals surface area contributed by atoms with Gasteiger partial charge in [0.2, 0.25) is 0 Å². The first kappa shape index (κ1) is 18.7. The molecule has 1 unspecified atom stereocenters. The summed E-state index contributed by atoms with van der Waals surface area (Å²) in [5.74, 6) is 1.16. The van der Waals surface area contributed by atoms with Gasteiger partial charge in [0.05, 0.1) is 5.56 Å². The van der Waals surface area contributed by atoms with Crippen molar-refractivity contribution in [3.8, 4) is 5.75 Å². The van der Waals surface area contributed by atoms with Gasteiger partial charge in [-0.25, -0.2) is 0 Å². The summed E-state index contributed by atoms with van der Waals surface area (Å²) < 4.78 is 5.95. The maximum Gasteiger partial charge on any atom is 0.257 e. The van der Waals surface area contributed by atoms with Crippen molar-refractivity contribution in [2.75, 3.05) is 26.7 Å². The first-order chi connectivity index (χ1) is 12.7. The van der Waals surface area contributed by atoms with Crippen molar-refractivity contribution >= 4 is 17.5 Å². The molecule has 0 bridgehead atoms. The van der Waals surface area contributed by atoms with Crippen LogP contribution in [0.4, 0.5) is 0 Å². The van der Waals surface area contributed by atoms with Crippen LogP contribution < -0.4 is 10.1 Å². The van der Waals surface area contributed by atoms with Gasteiger partial charge >= 0.3 is 0 Å². The minimum absolute atomic E-state index is 0.0422. The molecule has 0 radical (unpaired) electrons. The number of likely N-dealkylation sites (tertiary alicyclic amines) is 1. The van der Waals surface area contributed by atoms with Gasteiger partial charge in [0.25, 0.3) is 5.91 Å². The predicted octanol–water partition coefficient (Wildman–Crippen LogP) is 3.99. The van der Waals surface area contributed by atoms with Crippen molar-refractivity contribution in [2.45, 2.75) is 19.4 Å². The molecule has 1 fully saturated rings. The molecule has 0 aliphatic carbocycles. The second kappa shape index (κ2) is 9.06. The van der Waals surface area contributed by atoms with E-state index in [0.717, 1.165) is 38.0 Å². The summed E-state index contributed by atoms with van der Waals surface area (Å²) in [6, 6.07) is 15.0. The fourth-order valence-corrected chi connectivity index (χ4v) is 3.61. The Morgan fingerprint density at radius 1 is 1.23 bits per heavy atom. The lowest BCUT2D eigenvalue weighted by molar-refractivity contribution is 0.0669. The Labute approximate surface area is 160 Å². The number of para-hydroxylation sites is 1. The van der Waals surface area contributed by atoms with Crippen molar-refractivity contribution < 1.29 is 9.53 Å². The first-order valence-corrected chi connectivity index (χ1v) is 9.46. The zero-order valence-corrected chi connectivity index (χ0v) is 15.8. The number of carbonyl (C=O) groups excluding carboxylic acids is 1. The Hall–Kier alpha value is -2.04. The van der Waals surface area contributed by atoms with Crippen LogP contribution in [0.3, 0.4) is 0 Å². The lowest BCUT2D eigenvalue weighted by Crippen LogP contribution is -2.42. The summed E-state index contributed by atoms with van der Waals surface area (Å²) in [5.41, 5.74) is 1.52. The fourth-order valence-electron chi connectivity index (χ4n) is 3.42. The van der Waals surface area contributed by atoms with Crippen LogP contribution in [-0.2, 0) is 6.61 Å². The summed E-state index contributed by atoms with van der Waals surface area (Å²) in [6.07, 6.45) is 2.20. The molecule has 2 aromatic rings. The van der Waals surface area contributed by atoms with Crippen LogP contribution in [-0.4, -0.2) is 37.5 Å². The SMILES string of the molecule is CNCC1CCCN(C(=O)c2ccccc2OCc2ccccc2Cl)C1. The van der Waals surface area contributed by atoms with E-state index < -0.39 is 0 Å². The largest absolute Gasteiger partial charge is 0.488 e. The highest BCUT2D eigenvalue weighted by Gasteiger charge is 2.25. The van der Waals surface area contributed by atoms with Gasteiger partial charge in [-0.3, -0.25) is 4.79 Å². The summed E-state index contributed by atoms with van der Waals surface area (Å²) in [5, 5.41) is 3.89. The molecule has 1 heterocycles. The van der Waals surface area contributed by atoms with Crippen molar-refractivity contribution in [3.05, 3.63) is 64.7 Å². The third kappa shape index (κ3) is 4.57. The topological polar surface area (TPSA) is 41.6 Å². The van der Waals surface area contributed by atoms with Crippen LogP contribution >= 0.6 is 11.6 Å². The van der Waals surface area contributed by atoms with Crippen molar-refractivity contribution in [1.82, 2.24) is 10.2 Å². The molecule has 5 heteroatoms. The highest BCUT2D eigenvalue weighted by molar-refractivity contribution is 6.31. The number of carbonyl (C=O) groups is 1. The Kier molecular flexibility index (Phi) is 6.53. The lowest BCUT2D eigenvalue weighted by Gasteiger charge is -2.33. The second-order valence-electron chi connectivity index (χ2n) is 6.69. The molecule has 2 aromatic carbocycles. The summed E-state index contributed by atoms with van der Waals surface area (Å²) in [4.78, 5) is 15.0. The van der Waals surface area contributed by atoms with Crippen LogP contribution in [0.15, 0.2) is 48.5 Å². The van der Waals surface area contributed by atoms with Gasteiger partial charge in [0, 0.05) is 23.7 Å². The number of halogens is 1. The monoisotopic (exact) mass is 372 g/mol. The van der Waals surface area contributed by atoms with Crippen molar-refractivity contribution in [3.63, 3.8) is 0 Å². The van der Waals surface area contributed by atoms with Gasteiger partial charge in [0.1, 0.15) is 12.4 Å². The van der Waals surface area contributed by atoms with Gasteiger partial charge < -0.3 is 15.0 Å². The second-order valence-corrected chi connectivity index (χ2v) is 7.10. The van der Waals surface area contributed by atoms with E-state index in [1.165, 1.54) is 0 Å². The molecule has 1 saturated heterocycles. The van der Waals surface area contributed by atoms with Crippen molar-refractivity contribution in [1.29, 1.82) is 0 Å². The van der Waals surface area contributed by atoms with Gasteiger partial charge in [-0.05, 0) is 50.6 Å². The molecule has 4 nitrogen and oxygen atoms in total. The maximum atomic E-state index is 13.0. The molecule has 1 atom stereocenters. The van der Waals surface area contributed by atoms with E-state index in [1.807, 2.05) is 60.5 Å². The number of nitrogens with one attached hydrogen (secondary N) is 1. The molecule has 0 saturated carbocycles. The molecule has 26 heavy (non-hydrogen) atoms. The third-order valence-electron chi connectivity index (χ3n) is 4.76. The zero-order valence-electron chi connectivity index (χ0n) is 15.1. The van der Waals surface area contributed by atoms with Crippen molar-refractivity contribution in [2.24, 2.45) is 5.92 Å². The standard InChI is InChI=1S/C21H25ClN2O2/c1-23-13-16-7-6-12-24(14-16)21(25)18-9-3-5-11-20(18)26-15-17-8-2-4-10-19(17)22/h2-5,8-11,16,23H,6-7,12-15H2,1H3. The first-order valence-electron chi connectivity index (χ1n) is 9.08. The molecular formula is C21H25ClN2O2. The fraction of sp³-hybridized carbons (Fsp3) is 0.381. The zero-order chi connectivity index (χ0) is 18.4. The summed E-state index contributed by atoms with van der Waals surface area (Å²) in [6.45, 7) is 2.87. The molecule has 1 aliphatic heterocycles. The molecule has 0 spiro atoms. The van der Waals surface area contributed by atoms with Crippen LogP contribution in [0, 0.1) is 5.92 Å². The van der Waals surface area contributed by atoms with E-state index in [9.17, 15) is 4.79 Å². The van der Waals surface area contributed by atoms with E-state index in [2.05, 4.69) is 5.32 Å². The summed E-state index contributed by atoms with van der Waals surface area (Å²) in [7, 11) is 1.96. The van der Waals surface area contributed by atoms with Gasteiger partial charge in [0.15, 0.2) is 0 Å².